The molecule has 2 heterocycles. The van der Waals surface area contributed by atoms with Gasteiger partial charge in [0, 0.05) is 25.2 Å². The van der Waals surface area contributed by atoms with Gasteiger partial charge in [0.25, 0.3) is 0 Å². The number of hydrogen-bond acceptors (Lipinski definition) is 3. The van der Waals surface area contributed by atoms with E-state index in [9.17, 15) is 0 Å². The first kappa shape index (κ1) is 13.3. The third-order valence-electron chi connectivity index (χ3n) is 4.73. The quantitative estimate of drug-likeness (QED) is 0.820. The zero-order valence-electron chi connectivity index (χ0n) is 11.7. The van der Waals surface area contributed by atoms with Crippen molar-refractivity contribution in [2.45, 2.75) is 57.6 Å². The Labute approximate surface area is 106 Å². The van der Waals surface area contributed by atoms with Crippen LogP contribution in [0.15, 0.2) is 0 Å². The van der Waals surface area contributed by atoms with E-state index in [0.717, 1.165) is 31.9 Å². The first-order valence-corrected chi connectivity index (χ1v) is 7.10. The summed E-state index contributed by atoms with van der Waals surface area (Å²) in [6.45, 7) is 10.8. The Bertz CT molecular complexity index is 267. The molecule has 2 aliphatic rings. The van der Waals surface area contributed by atoms with Crippen LogP contribution in [0.4, 0.5) is 0 Å². The van der Waals surface area contributed by atoms with Crippen molar-refractivity contribution >= 4 is 0 Å². The smallest absolute Gasteiger partial charge is 0.0644 e. The number of hydrogen-bond donors (Lipinski definition) is 1. The average molecular weight is 240 g/mol. The molecule has 3 nitrogen and oxygen atoms in total. The molecule has 3 heteroatoms. The van der Waals surface area contributed by atoms with Gasteiger partial charge in [-0.3, -0.25) is 4.90 Å². The topological polar surface area (TPSA) is 38.5 Å². The van der Waals surface area contributed by atoms with Crippen molar-refractivity contribution in [2.75, 3.05) is 26.2 Å². The van der Waals surface area contributed by atoms with Gasteiger partial charge in [0.15, 0.2) is 0 Å². The Morgan fingerprint density at radius 3 is 2.71 bits per heavy atom. The molecule has 0 aromatic carbocycles. The Morgan fingerprint density at radius 1 is 1.41 bits per heavy atom. The second kappa shape index (κ2) is 4.87. The van der Waals surface area contributed by atoms with Crippen molar-refractivity contribution in [1.29, 1.82) is 0 Å². The van der Waals surface area contributed by atoms with Crippen molar-refractivity contribution in [3.05, 3.63) is 0 Å². The molecule has 0 amide bonds. The number of ether oxygens (including phenoxy) is 1. The van der Waals surface area contributed by atoms with Crippen molar-refractivity contribution < 1.29 is 4.74 Å². The Morgan fingerprint density at radius 2 is 2.18 bits per heavy atom. The van der Waals surface area contributed by atoms with E-state index in [1.807, 2.05) is 0 Å². The van der Waals surface area contributed by atoms with Gasteiger partial charge in [-0.1, -0.05) is 13.3 Å². The molecular formula is C14H28N2O. The van der Waals surface area contributed by atoms with E-state index in [-0.39, 0.29) is 11.1 Å². The third kappa shape index (κ3) is 2.67. The fraction of sp³-hybridized carbons (Fsp3) is 1.00. The van der Waals surface area contributed by atoms with Crippen molar-refractivity contribution in [3.8, 4) is 0 Å². The lowest BCUT2D eigenvalue weighted by Gasteiger charge is -2.49. The highest BCUT2D eigenvalue weighted by Gasteiger charge is 2.45. The Kier molecular flexibility index (Phi) is 3.81. The Balaban J connectivity index is 2.09. The van der Waals surface area contributed by atoms with Crippen LogP contribution in [-0.4, -0.2) is 42.3 Å². The summed E-state index contributed by atoms with van der Waals surface area (Å²) in [5, 5.41) is 0. The predicted octanol–water partition coefficient (Wildman–Crippen LogP) is 2.00. The van der Waals surface area contributed by atoms with Gasteiger partial charge in [0.1, 0.15) is 0 Å². The monoisotopic (exact) mass is 240 g/mol. The molecule has 2 N–H and O–H groups in total. The molecule has 0 radical (unpaired) electrons. The highest BCUT2D eigenvalue weighted by molar-refractivity contribution is 5.01. The molecule has 2 fully saturated rings. The molecule has 2 saturated heterocycles. The minimum Gasteiger partial charge on any atom is -0.375 e. The van der Waals surface area contributed by atoms with Crippen LogP contribution in [0.1, 0.15) is 46.5 Å². The zero-order chi connectivity index (χ0) is 12.5. The van der Waals surface area contributed by atoms with Crippen molar-refractivity contribution in [3.63, 3.8) is 0 Å². The third-order valence-corrected chi connectivity index (χ3v) is 4.73. The molecular weight excluding hydrogens is 212 g/mol. The summed E-state index contributed by atoms with van der Waals surface area (Å²) in [6, 6.07) is 0. The molecule has 100 valence electrons. The second-order valence-corrected chi connectivity index (χ2v) is 6.47. The van der Waals surface area contributed by atoms with Gasteiger partial charge in [-0.05, 0) is 45.6 Å². The van der Waals surface area contributed by atoms with Crippen LogP contribution < -0.4 is 5.73 Å². The molecule has 2 rings (SSSR count). The summed E-state index contributed by atoms with van der Waals surface area (Å²) in [4.78, 5) is 2.66. The van der Waals surface area contributed by atoms with E-state index >= 15 is 0 Å². The number of likely N-dealkylation sites (tertiary alicyclic amines) is 1. The molecule has 2 unspecified atom stereocenters. The van der Waals surface area contributed by atoms with Gasteiger partial charge in [0.05, 0.1) is 5.60 Å². The van der Waals surface area contributed by atoms with Crippen LogP contribution in [0.5, 0.6) is 0 Å². The number of nitrogens with two attached hydrogens (primary N) is 1. The first-order valence-electron chi connectivity index (χ1n) is 7.10. The van der Waals surface area contributed by atoms with Crippen LogP contribution in [0.2, 0.25) is 0 Å². The summed E-state index contributed by atoms with van der Waals surface area (Å²) in [6.07, 6.45) is 4.83. The molecule has 2 aliphatic heterocycles. The highest BCUT2D eigenvalue weighted by Crippen LogP contribution is 2.38. The van der Waals surface area contributed by atoms with Crippen LogP contribution in [0, 0.1) is 5.92 Å². The fourth-order valence-corrected chi connectivity index (χ4v) is 3.62. The molecule has 0 spiro atoms. The van der Waals surface area contributed by atoms with E-state index in [1.54, 1.807) is 0 Å². The van der Waals surface area contributed by atoms with Crippen LogP contribution in [0.25, 0.3) is 0 Å². The molecule has 0 aromatic rings. The average Bonchev–Trinajstić information content (AvgIpc) is 2.76. The largest absolute Gasteiger partial charge is 0.375 e. The predicted molar refractivity (Wildman–Crippen MR) is 71.0 cm³/mol. The van der Waals surface area contributed by atoms with Crippen molar-refractivity contribution in [1.82, 2.24) is 4.90 Å². The summed E-state index contributed by atoms with van der Waals surface area (Å²) < 4.78 is 5.85. The molecule has 17 heavy (non-hydrogen) atoms. The van der Waals surface area contributed by atoms with Gasteiger partial charge < -0.3 is 10.5 Å². The maximum absolute atomic E-state index is 6.13. The van der Waals surface area contributed by atoms with Gasteiger partial charge >= 0.3 is 0 Å². The second-order valence-electron chi connectivity index (χ2n) is 6.47. The maximum Gasteiger partial charge on any atom is 0.0644 e. The molecule has 2 atom stereocenters. The first-order chi connectivity index (χ1) is 8.01. The van der Waals surface area contributed by atoms with E-state index < -0.39 is 0 Å². The summed E-state index contributed by atoms with van der Waals surface area (Å²) >= 11 is 0. The highest BCUT2D eigenvalue weighted by atomic mass is 16.5. The zero-order valence-corrected chi connectivity index (χ0v) is 11.7. The lowest BCUT2D eigenvalue weighted by Crippen LogP contribution is -2.59. The van der Waals surface area contributed by atoms with Gasteiger partial charge in [0.2, 0.25) is 0 Å². The fourth-order valence-electron chi connectivity index (χ4n) is 3.62. The lowest BCUT2D eigenvalue weighted by molar-refractivity contribution is -0.114. The SMILES string of the molecule is CCC1CCN(C2(CN)CCOC(C)(C)C2)C1. The molecule has 0 saturated carbocycles. The van der Waals surface area contributed by atoms with Gasteiger partial charge in [-0.2, -0.15) is 0 Å². The van der Waals surface area contributed by atoms with Gasteiger partial charge in [-0.15, -0.1) is 0 Å². The lowest BCUT2D eigenvalue weighted by atomic mass is 9.80. The minimum atomic E-state index is -0.0120. The summed E-state index contributed by atoms with van der Waals surface area (Å²) in [5.41, 5.74) is 6.32. The van der Waals surface area contributed by atoms with E-state index in [1.165, 1.54) is 25.9 Å². The van der Waals surface area contributed by atoms with Crippen molar-refractivity contribution in [2.24, 2.45) is 11.7 Å². The maximum atomic E-state index is 6.13. The van der Waals surface area contributed by atoms with E-state index in [4.69, 9.17) is 10.5 Å². The normalized spacial score (nSPS) is 38.5. The Hall–Kier alpha value is -0.120. The molecule has 0 aliphatic carbocycles. The van der Waals surface area contributed by atoms with Gasteiger partial charge in [-0.25, -0.2) is 0 Å². The summed E-state index contributed by atoms with van der Waals surface area (Å²) in [7, 11) is 0. The standard InChI is InChI=1S/C14H28N2O/c1-4-12-5-7-16(9-12)14(11-15)6-8-17-13(2,3)10-14/h12H,4-11,15H2,1-3H3. The van der Waals surface area contributed by atoms with Crippen LogP contribution in [0.3, 0.4) is 0 Å². The minimum absolute atomic E-state index is 0.0120. The molecule has 0 aromatic heterocycles. The number of nitrogens with zero attached hydrogens (tertiary/aromatic N) is 1. The van der Waals surface area contributed by atoms with Crippen LogP contribution in [-0.2, 0) is 4.74 Å². The van der Waals surface area contributed by atoms with E-state index in [2.05, 4.69) is 25.7 Å². The van der Waals surface area contributed by atoms with Crippen LogP contribution >= 0.6 is 0 Å². The molecule has 0 bridgehead atoms. The summed E-state index contributed by atoms with van der Waals surface area (Å²) in [5.74, 6) is 0.879. The number of rotatable bonds is 3. The van der Waals surface area contributed by atoms with E-state index in [0.29, 0.717) is 0 Å².